The molecule has 2 fully saturated rings. The molecule has 0 amide bonds. The van der Waals surface area contributed by atoms with Crippen LogP contribution in [0.5, 0.6) is 0 Å². The molecule has 2 aliphatic rings. The summed E-state index contributed by atoms with van der Waals surface area (Å²) >= 11 is 0. The fraction of sp³-hybridized carbons (Fsp3) is 0.562. The van der Waals surface area contributed by atoms with Crippen LogP contribution < -0.4 is 4.72 Å². The van der Waals surface area contributed by atoms with Gasteiger partial charge >= 0.3 is 0 Å². The smallest absolute Gasteiger partial charge is 0.240 e. The van der Waals surface area contributed by atoms with Crippen LogP contribution in [0.15, 0.2) is 29.2 Å². The molecule has 2 heterocycles. The summed E-state index contributed by atoms with van der Waals surface area (Å²) in [6, 6.07) is 6.55. The van der Waals surface area contributed by atoms with E-state index in [0.29, 0.717) is 11.6 Å². The molecule has 6 heteroatoms. The number of carbonyl (C=O) groups is 1. The maximum atomic E-state index is 12.6. The van der Waals surface area contributed by atoms with Gasteiger partial charge in [-0.15, -0.1) is 0 Å². The highest BCUT2D eigenvalue weighted by Crippen LogP contribution is 2.28. The number of carbonyl (C=O) groups excluding carboxylic acids is 1. The van der Waals surface area contributed by atoms with Gasteiger partial charge in [0.05, 0.1) is 4.90 Å². The van der Waals surface area contributed by atoms with Crippen LogP contribution in [0.25, 0.3) is 0 Å². The highest BCUT2D eigenvalue weighted by atomic mass is 32.2. The van der Waals surface area contributed by atoms with E-state index < -0.39 is 10.0 Å². The largest absolute Gasteiger partial charge is 0.299 e. The lowest BCUT2D eigenvalue weighted by Crippen LogP contribution is -2.46. The van der Waals surface area contributed by atoms with Crippen LogP contribution in [0, 0.1) is 0 Å². The normalized spacial score (nSPS) is 25.9. The molecule has 5 nitrogen and oxygen atoms in total. The molecule has 2 saturated heterocycles. The monoisotopic (exact) mass is 322 g/mol. The van der Waals surface area contributed by atoms with E-state index in [1.165, 1.54) is 25.8 Å². The second-order valence-electron chi connectivity index (χ2n) is 6.20. The molecule has 22 heavy (non-hydrogen) atoms. The van der Waals surface area contributed by atoms with Gasteiger partial charge in [0.15, 0.2) is 5.78 Å². The van der Waals surface area contributed by atoms with Crippen molar-refractivity contribution in [1.29, 1.82) is 0 Å². The summed E-state index contributed by atoms with van der Waals surface area (Å²) in [7, 11) is -3.58. The third-order valence-corrected chi connectivity index (χ3v) is 6.20. The van der Waals surface area contributed by atoms with Gasteiger partial charge in [-0.25, -0.2) is 13.1 Å². The summed E-state index contributed by atoms with van der Waals surface area (Å²) in [5.41, 5.74) is 0.425. The van der Waals surface area contributed by atoms with Crippen molar-refractivity contribution in [3.63, 3.8) is 0 Å². The molecule has 1 aromatic carbocycles. The number of hydrogen-bond acceptors (Lipinski definition) is 4. The van der Waals surface area contributed by atoms with Crippen molar-refractivity contribution >= 4 is 15.8 Å². The molecule has 2 atom stereocenters. The predicted molar refractivity (Wildman–Crippen MR) is 84.4 cm³/mol. The lowest BCUT2D eigenvalue weighted by Gasteiger charge is -2.32. The Bertz CT molecular complexity index is 672. The molecule has 0 bridgehead atoms. The zero-order valence-electron chi connectivity index (χ0n) is 12.8. The van der Waals surface area contributed by atoms with Gasteiger partial charge in [-0.05, 0) is 44.9 Å². The van der Waals surface area contributed by atoms with Crippen molar-refractivity contribution in [1.82, 2.24) is 9.62 Å². The number of sulfonamides is 1. The number of hydrogen-bond donors (Lipinski definition) is 1. The van der Waals surface area contributed by atoms with E-state index in [2.05, 4.69) is 9.62 Å². The molecule has 120 valence electrons. The van der Waals surface area contributed by atoms with Crippen molar-refractivity contribution < 1.29 is 13.2 Å². The molecule has 0 spiro atoms. The topological polar surface area (TPSA) is 66.5 Å². The van der Waals surface area contributed by atoms with Gasteiger partial charge in [0.1, 0.15) is 0 Å². The van der Waals surface area contributed by atoms with E-state index in [9.17, 15) is 13.2 Å². The molecular weight excluding hydrogens is 300 g/mol. The minimum Gasteiger partial charge on any atom is -0.299 e. The lowest BCUT2D eigenvalue weighted by atomic mass is 10.00. The Hall–Kier alpha value is -1.24. The van der Waals surface area contributed by atoms with Gasteiger partial charge in [0.2, 0.25) is 10.0 Å². The summed E-state index contributed by atoms with van der Waals surface area (Å²) in [6.45, 7) is 3.48. The van der Waals surface area contributed by atoms with Crippen LogP contribution in [0.4, 0.5) is 0 Å². The van der Waals surface area contributed by atoms with E-state index in [-0.39, 0.29) is 16.7 Å². The Kier molecular flexibility index (Phi) is 4.34. The average Bonchev–Trinajstić information content (AvgIpc) is 2.90. The molecule has 0 radical (unpaired) electrons. The Morgan fingerprint density at radius 2 is 2.05 bits per heavy atom. The minimum atomic E-state index is -3.58. The molecule has 0 saturated carbocycles. The van der Waals surface area contributed by atoms with Crippen LogP contribution in [0.1, 0.15) is 43.0 Å². The Balaban J connectivity index is 1.79. The molecule has 3 rings (SSSR count). The van der Waals surface area contributed by atoms with Crippen LogP contribution in [0.2, 0.25) is 0 Å². The van der Waals surface area contributed by atoms with Crippen molar-refractivity contribution in [2.75, 3.05) is 13.1 Å². The highest BCUT2D eigenvalue weighted by Gasteiger charge is 2.37. The van der Waals surface area contributed by atoms with E-state index in [1.54, 1.807) is 18.2 Å². The van der Waals surface area contributed by atoms with Gasteiger partial charge in [-0.2, -0.15) is 0 Å². The van der Waals surface area contributed by atoms with Crippen molar-refractivity contribution in [2.24, 2.45) is 0 Å². The van der Waals surface area contributed by atoms with E-state index >= 15 is 0 Å². The maximum absolute atomic E-state index is 12.6. The Morgan fingerprint density at radius 3 is 2.82 bits per heavy atom. The van der Waals surface area contributed by atoms with Crippen LogP contribution >= 0.6 is 0 Å². The number of fused-ring (bicyclic) bond motifs is 1. The van der Waals surface area contributed by atoms with Crippen LogP contribution in [0.3, 0.4) is 0 Å². The predicted octanol–water partition coefficient (Wildman–Crippen LogP) is 1.79. The first-order valence-corrected chi connectivity index (χ1v) is 9.33. The summed E-state index contributed by atoms with van der Waals surface area (Å²) in [5, 5.41) is 0. The zero-order chi connectivity index (χ0) is 15.7. The van der Waals surface area contributed by atoms with Gasteiger partial charge in [-0.1, -0.05) is 18.6 Å². The number of nitrogens with one attached hydrogen (secondary N) is 1. The van der Waals surface area contributed by atoms with Gasteiger partial charge < -0.3 is 0 Å². The fourth-order valence-electron chi connectivity index (χ4n) is 3.53. The van der Waals surface area contributed by atoms with Gasteiger partial charge in [0.25, 0.3) is 0 Å². The van der Waals surface area contributed by atoms with Crippen LogP contribution in [-0.4, -0.2) is 44.3 Å². The SMILES string of the molecule is CC(=O)c1cccc(S(=O)(=O)NC2CCN3CCCCC23)c1. The third-order valence-electron chi connectivity index (χ3n) is 4.71. The highest BCUT2D eigenvalue weighted by molar-refractivity contribution is 7.89. The zero-order valence-corrected chi connectivity index (χ0v) is 13.6. The second-order valence-corrected chi connectivity index (χ2v) is 7.91. The van der Waals surface area contributed by atoms with Crippen LogP contribution in [-0.2, 0) is 10.0 Å². The second kappa shape index (κ2) is 6.10. The summed E-state index contributed by atoms with van der Waals surface area (Å²) < 4.78 is 28.0. The van der Waals surface area contributed by atoms with E-state index in [1.807, 2.05) is 0 Å². The number of ketones is 1. The third kappa shape index (κ3) is 3.09. The van der Waals surface area contributed by atoms with Crippen molar-refractivity contribution in [2.45, 2.75) is 49.6 Å². The first-order chi connectivity index (χ1) is 10.5. The van der Waals surface area contributed by atoms with E-state index in [4.69, 9.17) is 0 Å². The molecule has 1 aromatic rings. The Labute approximate surface area is 131 Å². The fourth-order valence-corrected chi connectivity index (χ4v) is 4.88. The molecule has 0 aromatic heterocycles. The summed E-state index contributed by atoms with van der Waals surface area (Å²) in [4.78, 5) is 14.0. The van der Waals surface area contributed by atoms with Crippen molar-refractivity contribution in [3.05, 3.63) is 29.8 Å². The number of Topliss-reactive ketones (excluding diaryl/α,β-unsaturated/α-hetero) is 1. The first-order valence-electron chi connectivity index (χ1n) is 7.85. The number of nitrogens with zero attached hydrogens (tertiary/aromatic N) is 1. The minimum absolute atomic E-state index is 0.0220. The molecular formula is C16H22N2O3S. The standard InChI is InChI=1S/C16H22N2O3S/c1-12(19)13-5-4-6-14(11-13)22(20,21)17-15-8-10-18-9-3-2-7-16(15)18/h4-6,11,15-17H,2-3,7-10H2,1H3. The molecule has 0 aliphatic carbocycles. The maximum Gasteiger partial charge on any atom is 0.240 e. The van der Waals surface area contributed by atoms with Gasteiger partial charge in [-0.3, -0.25) is 9.69 Å². The van der Waals surface area contributed by atoms with Crippen molar-refractivity contribution in [3.8, 4) is 0 Å². The quantitative estimate of drug-likeness (QED) is 0.858. The number of benzene rings is 1. The van der Waals surface area contributed by atoms with E-state index in [0.717, 1.165) is 25.9 Å². The molecule has 2 unspecified atom stereocenters. The summed E-state index contributed by atoms with van der Waals surface area (Å²) in [5.74, 6) is -0.128. The molecule has 1 N–H and O–H groups in total. The number of rotatable bonds is 4. The lowest BCUT2D eigenvalue weighted by molar-refractivity contribution is 0.101. The van der Waals surface area contributed by atoms with Gasteiger partial charge in [0, 0.05) is 24.2 Å². The molecule has 2 aliphatic heterocycles. The number of piperidine rings is 1. The summed E-state index contributed by atoms with van der Waals surface area (Å²) in [6.07, 6.45) is 4.28. The Morgan fingerprint density at radius 1 is 1.23 bits per heavy atom. The average molecular weight is 322 g/mol. The first kappa shape index (κ1) is 15.6.